The summed E-state index contributed by atoms with van der Waals surface area (Å²) in [5, 5.41) is -0.526. The van der Waals surface area contributed by atoms with Crippen LogP contribution in [0.3, 0.4) is 0 Å². The fraction of sp³-hybridized carbons (Fsp3) is 0.200. The van der Waals surface area contributed by atoms with Crippen LogP contribution < -0.4 is 14.2 Å². The van der Waals surface area contributed by atoms with E-state index in [1.54, 1.807) is 0 Å². The number of anilines is 1. The standard InChI is InChI=1S/C15H13ClF3NO4S/c1-23-13-6-4-10(8-14(13)24-2)25(21,22)20-9-3-5-12(16)11(7-9)15(17,18)19/h3-8,20H,1-2H3. The summed E-state index contributed by atoms with van der Waals surface area (Å²) in [5.74, 6) is 0.477. The molecule has 0 spiro atoms. The van der Waals surface area contributed by atoms with Gasteiger partial charge in [0.2, 0.25) is 0 Å². The first kappa shape index (κ1) is 19.2. The van der Waals surface area contributed by atoms with Crippen LogP contribution in [-0.4, -0.2) is 22.6 Å². The van der Waals surface area contributed by atoms with Gasteiger partial charge in [-0.15, -0.1) is 0 Å². The number of benzene rings is 2. The highest BCUT2D eigenvalue weighted by molar-refractivity contribution is 7.92. The Hall–Kier alpha value is -2.13. The first-order valence-electron chi connectivity index (χ1n) is 6.70. The van der Waals surface area contributed by atoms with E-state index >= 15 is 0 Å². The molecule has 5 nitrogen and oxygen atoms in total. The van der Waals surface area contributed by atoms with Crippen molar-refractivity contribution in [2.24, 2.45) is 0 Å². The molecule has 0 fully saturated rings. The van der Waals surface area contributed by atoms with E-state index in [0.717, 1.165) is 12.1 Å². The highest BCUT2D eigenvalue weighted by Crippen LogP contribution is 2.37. The van der Waals surface area contributed by atoms with Crippen molar-refractivity contribution in [1.82, 2.24) is 0 Å². The lowest BCUT2D eigenvalue weighted by molar-refractivity contribution is -0.137. The van der Waals surface area contributed by atoms with Crippen molar-refractivity contribution in [1.29, 1.82) is 0 Å². The van der Waals surface area contributed by atoms with Gasteiger partial charge in [-0.2, -0.15) is 13.2 Å². The Morgan fingerprint density at radius 2 is 1.64 bits per heavy atom. The Balaban J connectivity index is 2.40. The second kappa shape index (κ2) is 7.01. The zero-order chi connectivity index (χ0) is 18.8. The van der Waals surface area contributed by atoms with Crippen LogP contribution in [0.2, 0.25) is 5.02 Å². The van der Waals surface area contributed by atoms with E-state index in [9.17, 15) is 21.6 Å². The van der Waals surface area contributed by atoms with Crippen LogP contribution in [-0.2, 0) is 16.2 Å². The minimum atomic E-state index is -4.71. The van der Waals surface area contributed by atoms with Crippen LogP contribution in [0.1, 0.15) is 5.56 Å². The summed E-state index contributed by atoms with van der Waals surface area (Å²) in [6.45, 7) is 0. The highest BCUT2D eigenvalue weighted by Gasteiger charge is 2.33. The van der Waals surface area contributed by atoms with Crippen molar-refractivity contribution in [2.45, 2.75) is 11.1 Å². The third-order valence-electron chi connectivity index (χ3n) is 3.19. The van der Waals surface area contributed by atoms with E-state index in [2.05, 4.69) is 4.72 Å². The number of halogens is 4. The minimum Gasteiger partial charge on any atom is -0.493 e. The Morgan fingerprint density at radius 1 is 1.00 bits per heavy atom. The molecule has 2 aromatic rings. The summed E-state index contributed by atoms with van der Waals surface area (Å²) in [7, 11) is -1.43. The molecule has 1 N–H and O–H groups in total. The number of hydrogen-bond acceptors (Lipinski definition) is 4. The van der Waals surface area contributed by atoms with Crippen molar-refractivity contribution in [3.05, 3.63) is 47.0 Å². The molecule has 0 aromatic heterocycles. The zero-order valence-electron chi connectivity index (χ0n) is 13.0. The summed E-state index contributed by atoms with van der Waals surface area (Å²) < 4.78 is 75.5. The van der Waals surface area contributed by atoms with Gasteiger partial charge in [0.1, 0.15) is 0 Å². The molecule has 0 aliphatic heterocycles. The maximum Gasteiger partial charge on any atom is 0.417 e. The van der Waals surface area contributed by atoms with Crippen LogP contribution in [0.5, 0.6) is 11.5 Å². The van der Waals surface area contributed by atoms with Gasteiger partial charge in [-0.1, -0.05) is 11.6 Å². The second-order valence-corrected chi connectivity index (χ2v) is 6.90. The SMILES string of the molecule is COc1ccc(S(=O)(=O)Nc2ccc(Cl)c(C(F)(F)F)c2)cc1OC. The lowest BCUT2D eigenvalue weighted by atomic mass is 10.2. The predicted molar refractivity (Wildman–Crippen MR) is 86.8 cm³/mol. The average molecular weight is 396 g/mol. The number of methoxy groups -OCH3 is 2. The molecule has 0 saturated heterocycles. The van der Waals surface area contributed by atoms with Gasteiger partial charge in [-0.05, 0) is 30.3 Å². The maximum absolute atomic E-state index is 12.9. The summed E-state index contributed by atoms with van der Waals surface area (Å²) >= 11 is 5.51. The Morgan fingerprint density at radius 3 is 2.20 bits per heavy atom. The molecule has 25 heavy (non-hydrogen) atoms. The monoisotopic (exact) mass is 395 g/mol. The molecule has 0 heterocycles. The molecule has 0 bridgehead atoms. The van der Waals surface area contributed by atoms with Crippen LogP contribution in [0.4, 0.5) is 18.9 Å². The summed E-state index contributed by atoms with van der Waals surface area (Å²) in [4.78, 5) is -0.200. The smallest absolute Gasteiger partial charge is 0.417 e. The van der Waals surface area contributed by atoms with Crippen molar-refractivity contribution in [2.75, 3.05) is 18.9 Å². The molecule has 0 saturated carbocycles. The van der Waals surface area contributed by atoms with Crippen LogP contribution in [0.15, 0.2) is 41.3 Å². The van der Waals surface area contributed by atoms with Crippen molar-refractivity contribution < 1.29 is 31.1 Å². The Kier molecular flexibility index (Phi) is 5.38. The van der Waals surface area contributed by atoms with E-state index in [1.165, 1.54) is 32.4 Å². The first-order valence-corrected chi connectivity index (χ1v) is 8.56. The van der Waals surface area contributed by atoms with E-state index in [1.807, 2.05) is 0 Å². The minimum absolute atomic E-state index is 0.164. The zero-order valence-corrected chi connectivity index (χ0v) is 14.6. The molecule has 136 valence electrons. The molecule has 2 aromatic carbocycles. The van der Waals surface area contributed by atoms with Gasteiger partial charge in [0, 0.05) is 11.8 Å². The molecule has 0 atom stereocenters. The van der Waals surface area contributed by atoms with Gasteiger partial charge in [0.25, 0.3) is 10.0 Å². The van der Waals surface area contributed by atoms with E-state index in [4.69, 9.17) is 21.1 Å². The van der Waals surface area contributed by atoms with E-state index < -0.39 is 26.8 Å². The van der Waals surface area contributed by atoms with Gasteiger partial charge in [-0.3, -0.25) is 4.72 Å². The van der Waals surface area contributed by atoms with Crippen molar-refractivity contribution in [3.8, 4) is 11.5 Å². The number of ether oxygens (including phenoxy) is 2. The molecule has 2 rings (SSSR count). The summed E-state index contributed by atoms with van der Waals surface area (Å²) in [5.41, 5.74) is -1.41. The molecule has 0 unspecified atom stereocenters. The summed E-state index contributed by atoms with van der Waals surface area (Å²) in [6.07, 6.45) is -4.71. The molecule has 0 aliphatic carbocycles. The van der Waals surface area contributed by atoms with E-state index in [0.29, 0.717) is 11.8 Å². The molecule has 0 aliphatic rings. The molecule has 0 radical (unpaired) electrons. The number of hydrogen-bond donors (Lipinski definition) is 1. The maximum atomic E-state index is 12.9. The number of nitrogens with one attached hydrogen (secondary N) is 1. The summed E-state index contributed by atoms with van der Waals surface area (Å²) in [6, 6.07) is 6.54. The molecular weight excluding hydrogens is 383 g/mol. The third-order valence-corrected chi connectivity index (χ3v) is 4.90. The van der Waals surface area contributed by atoms with Crippen LogP contribution in [0.25, 0.3) is 0 Å². The van der Waals surface area contributed by atoms with Crippen molar-refractivity contribution in [3.63, 3.8) is 0 Å². The van der Waals surface area contributed by atoms with Crippen LogP contribution in [0, 0.1) is 0 Å². The van der Waals surface area contributed by atoms with Crippen molar-refractivity contribution >= 4 is 27.3 Å². The molecule has 10 heteroatoms. The predicted octanol–water partition coefficient (Wildman–Crippen LogP) is 4.18. The Bertz CT molecular complexity index is 885. The highest BCUT2D eigenvalue weighted by atomic mass is 35.5. The van der Waals surface area contributed by atoms with Crippen LogP contribution >= 0.6 is 11.6 Å². The lowest BCUT2D eigenvalue weighted by Crippen LogP contribution is -2.14. The normalized spacial score (nSPS) is 11.9. The number of rotatable bonds is 5. The largest absolute Gasteiger partial charge is 0.493 e. The Labute approximate surface area is 147 Å². The molecular formula is C15H13ClF3NO4S. The van der Waals surface area contributed by atoms with Gasteiger partial charge in [-0.25, -0.2) is 8.42 Å². The number of sulfonamides is 1. The fourth-order valence-corrected chi connectivity index (χ4v) is 3.29. The quantitative estimate of drug-likeness (QED) is 0.825. The van der Waals surface area contributed by atoms with Gasteiger partial charge < -0.3 is 9.47 Å². The lowest BCUT2D eigenvalue weighted by Gasteiger charge is -2.14. The topological polar surface area (TPSA) is 64.6 Å². The third kappa shape index (κ3) is 4.29. The van der Waals surface area contributed by atoms with Gasteiger partial charge >= 0.3 is 6.18 Å². The molecule has 0 amide bonds. The van der Waals surface area contributed by atoms with E-state index in [-0.39, 0.29) is 16.3 Å². The second-order valence-electron chi connectivity index (χ2n) is 4.81. The van der Waals surface area contributed by atoms with Gasteiger partial charge in [0.05, 0.1) is 29.7 Å². The number of alkyl halides is 3. The first-order chi connectivity index (χ1) is 11.6. The fourth-order valence-electron chi connectivity index (χ4n) is 2.00. The average Bonchev–Trinajstić information content (AvgIpc) is 2.54. The van der Waals surface area contributed by atoms with Gasteiger partial charge in [0.15, 0.2) is 11.5 Å².